The van der Waals surface area contributed by atoms with Gasteiger partial charge >= 0.3 is 6.09 Å². The number of fused-ring (bicyclic) bond motifs is 1. The van der Waals surface area contributed by atoms with Gasteiger partial charge in [0, 0.05) is 17.7 Å². The van der Waals surface area contributed by atoms with Gasteiger partial charge in [-0.05, 0) is 35.0 Å². The summed E-state index contributed by atoms with van der Waals surface area (Å²) in [7, 11) is 1.94. The minimum atomic E-state index is -1.06. The van der Waals surface area contributed by atoms with Crippen molar-refractivity contribution in [1.29, 1.82) is 0 Å². The number of aromatic nitrogens is 2. The van der Waals surface area contributed by atoms with Crippen LogP contribution in [0.15, 0.2) is 22.8 Å². The molecule has 90 valence electrons. The number of carboxylic acid groups (broad SMARTS) is 1. The van der Waals surface area contributed by atoms with E-state index in [0.29, 0.717) is 5.69 Å². The van der Waals surface area contributed by atoms with Gasteiger partial charge in [0.15, 0.2) is 0 Å². The second-order valence-electron chi connectivity index (χ2n) is 3.86. The molecule has 2 rings (SSSR count). The van der Waals surface area contributed by atoms with Gasteiger partial charge in [-0.3, -0.25) is 0 Å². The van der Waals surface area contributed by atoms with Gasteiger partial charge in [0.2, 0.25) is 0 Å². The minimum absolute atomic E-state index is 0.355. The Labute approximate surface area is 107 Å². The molecule has 0 spiro atoms. The van der Waals surface area contributed by atoms with Crippen LogP contribution in [0.2, 0.25) is 0 Å². The first-order valence-corrected chi connectivity index (χ1v) is 5.89. The fraction of sp³-hybridized carbons (Fsp3) is 0.273. The highest BCUT2D eigenvalue weighted by molar-refractivity contribution is 9.10. The van der Waals surface area contributed by atoms with E-state index < -0.39 is 6.09 Å². The van der Waals surface area contributed by atoms with E-state index in [0.717, 1.165) is 15.5 Å². The third kappa shape index (κ3) is 2.26. The molecule has 0 aliphatic heterocycles. The van der Waals surface area contributed by atoms with Crippen LogP contribution in [0, 0.1) is 0 Å². The predicted octanol–water partition coefficient (Wildman–Crippen LogP) is 2.66. The molecule has 0 saturated carbocycles. The van der Waals surface area contributed by atoms with Crippen LogP contribution in [0.5, 0.6) is 0 Å². The van der Waals surface area contributed by atoms with Crippen LogP contribution in [0.4, 0.5) is 4.79 Å². The molecule has 17 heavy (non-hydrogen) atoms. The Morgan fingerprint density at radius 3 is 3.00 bits per heavy atom. The number of nitrogens with one attached hydrogen (secondary N) is 1. The Balaban J connectivity index is 2.47. The van der Waals surface area contributed by atoms with Crippen molar-refractivity contribution in [3.63, 3.8) is 0 Å². The van der Waals surface area contributed by atoms with Gasteiger partial charge < -0.3 is 15.0 Å². The number of hydrogen-bond donors (Lipinski definition) is 2. The molecule has 0 aliphatic rings. The van der Waals surface area contributed by atoms with Crippen LogP contribution in [0.25, 0.3) is 11.0 Å². The van der Waals surface area contributed by atoms with Crippen LogP contribution >= 0.6 is 15.9 Å². The average Bonchev–Trinajstić information content (AvgIpc) is 2.58. The van der Waals surface area contributed by atoms with Gasteiger partial charge in [0.1, 0.15) is 0 Å². The molecule has 1 unspecified atom stereocenters. The lowest BCUT2D eigenvalue weighted by molar-refractivity contribution is 0.190. The smallest absolute Gasteiger partial charge is 0.405 e. The zero-order chi connectivity index (χ0) is 12.6. The first kappa shape index (κ1) is 11.9. The zero-order valence-corrected chi connectivity index (χ0v) is 11.0. The van der Waals surface area contributed by atoms with E-state index in [9.17, 15) is 4.79 Å². The van der Waals surface area contributed by atoms with Gasteiger partial charge in [-0.2, -0.15) is 0 Å². The lowest BCUT2D eigenvalue weighted by Crippen LogP contribution is -2.25. The van der Waals surface area contributed by atoms with Gasteiger partial charge in [-0.15, -0.1) is 0 Å². The second kappa shape index (κ2) is 4.37. The fourth-order valence-corrected chi connectivity index (χ4v) is 2.38. The van der Waals surface area contributed by atoms with E-state index in [-0.39, 0.29) is 6.04 Å². The maximum absolute atomic E-state index is 10.6. The summed E-state index contributed by atoms with van der Waals surface area (Å²) in [4.78, 5) is 15.1. The maximum Gasteiger partial charge on any atom is 0.405 e. The Morgan fingerprint density at radius 1 is 1.65 bits per heavy atom. The molecule has 2 N–H and O–H groups in total. The van der Waals surface area contributed by atoms with Gasteiger partial charge in [0.05, 0.1) is 22.8 Å². The van der Waals surface area contributed by atoms with Crippen molar-refractivity contribution in [1.82, 2.24) is 14.9 Å². The highest BCUT2D eigenvalue weighted by atomic mass is 79.9. The van der Waals surface area contributed by atoms with Crippen LogP contribution < -0.4 is 5.32 Å². The molecule has 0 radical (unpaired) electrons. The molecule has 0 fully saturated rings. The average molecular weight is 298 g/mol. The molecule has 0 aromatic carbocycles. The quantitative estimate of drug-likeness (QED) is 0.895. The van der Waals surface area contributed by atoms with E-state index in [1.807, 2.05) is 29.9 Å². The lowest BCUT2D eigenvalue weighted by atomic mass is 10.2. The number of amides is 1. The molecular weight excluding hydrogens is 286 g/mol. The van der Waals surface area contributed by atoms with E-state index in [1.165, 1.54) is 0 Å². The van der Waals surface area contributed by atoms with Crippen LogP contribution in [0.3, 0.4) is 0 Å². The summed E-state index contributed by atoms with van der Waals surface area (Å²) in [5.74, 6) is 0. The molecule has 1 amide bonds. The summed E-state index contributed by atoms with van der Waals surface area (Å²) in [6.45, 7) is 1.76. The van der Waals surface area contributed by atoms with Crippen LogP contribution in [-0.2, 0) is 7.05 Å². The fourth-order valence-electron chi connectivity index (χ4n) is 1.73. The predicted molar refractivity (Wildman–Crippen MR) is 68.0 cm³/mol. The first-order chi connectivity index (χ1) is 7.99. The number of aryl methyl sites for hydroxylation is 1. The Hall–Kier alpha value is -1.56. The number of rotatable bonds is 2. The number of nitrogens with zero attached hydrogens (tertiary/aromatic N) is 2. The molecule has 0 aliphatic carbocycles. The third-order valence-corrected chi connectivity index (χ3v) is 3.23. The van der Waals surface area contributed by atoms with Crippen molar-refractivity contribution in [3.8, 4) is 0 Å². The largest absolute Gasteiger partial charge is 0.465 e. The molecule has 6 heteroatoms. The molecule has 5 nitrogen and oxygen atoms in total. The van der Waals surface area contributed by atoms with Crippen molar-refractivity contribution >= 4 is 33.1 Å². The first-order valence-electron chi connectivity index (χ1n) is 5.10. The SMILES string of the molecule is CC(NC(=O)O)c1nc2ccn(C)c2cc1Br. The highest BCUT2D eigenvalue weighted by Gasteiger charge is 2.15. The highest BCUT2D eigenvalue weighted by Crippen LogP contribution is 2.26. The molecule has 2 heterocycles. The zero-order valence-electron chi connectivity index (χ0n) is 9.44. The number of carbonyl (C=O) groups is 1. The normalized spacial score (nSPS) is 12.6. The standard InChI is InChI=1S/C11H12BrN3O2/c1-6(13-11(16)17)10-7(12)5-9-8(14-10)3-4-15(9)2/h3-6,13H,1-2H3,(H,16,17). The molecule has 0 saturated heterocycles. The summed E-state index contributed by atoms with van der Waals surface area (Å²) < 4.78 is 2.76. The number of hydrogen-bond acceptors (Lipinski definition) is 2. The van der Waals surface area contributed by atoms with E-state index in [4.69, 9.17) is 5.11 Å². The summed E-state index contributed by atoms with van der Waals surface area (Å²) in [5.41, 5.74) is 2.54. The van der Waals surface area contributed by atoms with Gasteiger partial charge in [-0.1, -0.05) is 0 Å². The van der Waals surface area contributed by atoms with Gasteiger partial charge in [0.25, 0.3) is 0 Å². The van der Waals surface area contributed by atoms with Crippen molar-refractivity contribution in [2.45, 2.75) is 13.0 Å². The van der Waals surface area contributed by atoms with Crippen molar-refractivity contribution in [2.75, 3.05) is 0 Å². The number of halogens is 1. The van der Waals surface area contributed by atoms with E-state index in [2.05, 4.69) is 26.2 Å². The Morgan fingerprint density at radius 2 is 2.35 bits per heavy atom. The summed E-state index contributed by atoms with van der Waals surface area (Å²) in [6, 6.07) is 3.49. The Kier molecular flexibility index (Phi) is 3.06. The lowest BCUT2D eigenvalue weighted by Gasteiger charge is -2.13. The van der Waals surface area contributed by atoms with Crippen LogP contribution in [0.1, 0.15) is 18.7 Å². The van der Waals surface area contributed by atoms with Crippen molar-refractivity contribution in [3.05, 3.63) is 28.5 Å². The second-order valence-corrected chi connectivity index (χ2v) is 4.71. The van der Waals surface area contributed by atoms with E-state index in [1.54, 1.807) is 6.92 Å². The monoisotopic (exact) mass is 297 g/mol. The Bertz CT molecular complexity index is 579. The van der Waals surface area contributed by atoms with Gasteiger partial charge in [-0.25, -0.2) is 9.78 Å². The molecule has 1 atom stereocenters. The molecule has 0 bridgehead atoms. The maximum atomic E-state index is 10.6. The van der Waals surface area contributed by atoms with Crippen LogP contribution in [-0.4, -0.2) is 20.8 Å². The third-order valence-electron chi connectivity index (χ3n) is 2.60. The number of pyridine rings is 1. The van der Waals surface area contributed by atoms with E-state index >= 15 is 0 Å². The summed E-state index contributed by atoms with van der Waals surface area (Å²) in [6.07, 6.45) is 0.864. The van der Waals surface area contributed by atoms with Crippen molar-refractivity contribution in [2.24, 2.45) is 7.05 Å². The molecular formula is C11H12BrN3O2. The summed E-state index contributed by atoms with van der Waals surface area (Å²) >= 11 is 3.42. The van der Waals surface area contributed by atoms with Crippen molar-refractivity contribution < 1.29 is 9.90 Å². The minimum Gasteiger partial charge on any atom is -0.465 e. The summed E-state index contributed by atoms with van der Waals surface area (Å²) in [5, 5.41) is 11.1. The topological polar surface area (TPSA) is 67.2 Å². The molecule has 2 aromatic rings. The molecule has 2 aromatic heterocycles.